The molecule has 3 aromatic rings. The minimum absolute atomic E-state index is 0.0162. The largest absolute Gasteiger partial charge is 0.497 e. The molecule has 36 heavy (non-hydrogen) atoms. The first kappa shape index (κ1) is 26.0. The smallest absolute Gasteiger partial charge is 0.259 e. The van der Waals surface area contributed by atoms with Crippen molar-refractivity contribution in [1.82, 2.24) is 14.9 Å². The van der Waals surface area contributed by atoms with Crippen LogP contribution in [0.25, 0.3) is 0 Å². The van der Waals surface area contributed by atoms with E-state index < -0.39 is 11.2 Å². The number of ether oxygens (including phenoxy) is 2. The van der Waals surface area contributed by atoms with E-state index in [2.05, 4.69) is 4.98 Å². The number of aromatic nitrogens is 2. The van der Waals surface area contributed by atoms with Gasteiger partial charge in [0.25, 0.3) is 5.91 Å². The van der Waals surface area contributed by atoms with Gasteiger partial charge in [0.05, 0.1) is 30.4 Å². The summed E-state index contributed by atoms with van der Waals surface area (Å²) < 4.78 is 26.4. The van der Waals surface area contributed by atoms with Gasteiger partial charge in [-0.2, -0.15) is 0 Å². The Morgan fingerprint density at radius 2 is 1.94 bits per heavy atom. The van der Waals surface area contributed by atoms with Crippen LogP contribution in [0.15, 0.2) is 41.6 Å². The number of rotatable bonds is 7. The Morgan fingerprint density at radius 3 is 2.58 bits per heavy atom. The Kier molecular flexibility index (Phi) is 7.33. The maximum absolute atomic E-state index is 15.5. The van der Waals surface area contributed by atoms with E-state index in [1.165, 1.54) is 17.8 Å². The maximum Gasteiger partial charge on any atom is 0.259 e. The zero-order chi connectivity index (χ0) is 26.2. The quantitative estimate of drug-likeness (QED) is 0.313. The lowest BCUT2D eigenvalue weighted by molar-refractivity contribution is 0.0675. The molecule has 0 unspecified atom stereocenters. The number of carbonyl (C=O) groups excluding carboxylic acids is 1. The summed E-state index contributed by atoms with van der Waals surface area (Å²) in [6, 6.07) is 10.4. The van der Waals surface area contributed by atoms with Crippen molar-refractivity contribution >= 4 is 35.1 Å². The van der Waals surface area contributed by atoms with Gasteiger partial charge < -0.3 is 19.3 Å². The molecule has 190 valence electrons. The van der Waals surface area contributed by atoms with Gasteiger partial charge in [-0.05, 0) is 31.4 Å². The molecule has 2 heterocycles. The molecule has 1 aliphatic heterocycles. The second kappa shape index (κ2) is 10.1. The number of fused-ring (bicyclic) bond motifs is 1. The van der Waals surface area contributed by atoms with Crippen LogP contribution in [0.5, 0.6) is 11.5 Å². The Morgan fingerprint density at radius 1 is 1.19 bits per heavy atom. The molecule has 0 saturated heterocycles. The van der Waals surface area contributed by atoms with Crippen molar-refractivity contribution in [3.8, 4) is 11.5 Å². The van der Waals surface area contributed by atoms with E-state index in [0.29, 0.717) is 39.3 Å². The number of thioether (sulfide) groups is 1. The highest BCUT2D eigenvalue weighted by Crippen LogP contribution is 2.44. The van der Waals surface area contributed by atoms with Gasteiger partial charge in [-0.15, -0.1) is 0 Å². The minimum Gasteiger partial charge on any atom is -0.497 e. The molecular formula is C26H28ClFN4O3S. The zero-order valence-electron chi connectivity index (χ0n) is 21.1. The number of hydrogen-bond donors (Lipinski definition) is 0. The Bertz CT molecular complexity index is 1320. The summed E-state index contributed by atoms with van der Waals surface area (Å²) in [4.78, 5) is 26.8. The van der Waals surface area contributed by atoms with E-state index in [1.807, 2.05) is 39.4 Å². The van der Waals surface area contributed by atoms with Gasteiger partial charge in [-0.1, -0.05) is 35.5 Å². The molecule has 2 aromatic carbocycles. The van der Waals surface area contributed by atoms with Gasteiger partial charge in [0, 0.05) is 44.4 Å². The molecule has 0 radical (unpaired) electrons. The third kappa shape index (κ3) is 4.46. The Hall–Kier alpha value is -3.04. The summed E-state index contributed by atoms with van der Waals surface area (Å²) in [6.45, 7) is 2.31. The van der Waals surface area contributed by atoms with Gasteiger partial charge in [-0.25, -0.2) is 14.4 Å². The van der Waals surface area contributed by atoms with Gasteiger partial charge >= 0.3 is 0 Å². The number of amides is 1. The summed E-state index contributed by atoms with van der Waals surface area (Å²) in [7, 11) is 6.79. The summed E-state index contributed by atoms with van der Waals surface area (Å²) in [5, 5.41) is 0.520. The molecule has 0 aliphatic carbocycles. The molecule has 10 heteroatoms. The average molecular weight is 531 g/mol. The topological polar surface area (TPSA) is 67.8 Å². The standard InChI is InChI=1S/C26H28ClFN4O3S/c1-26(17-8-7-9-18(27)21(17)28)14-32(13-15-10-11-16(34-4)12-19(15)35-5)24(33)20-22(26)29-25(36-6)30-23(20)31(2)3/h7-12H,13-14H2,1-6H3/t26-/m1/s1. The summed E-state index contributed by atoms with van der Waals surface area (Å²) in [5.74, 6) is 0.947. The number of anilines is 1. The molecule has 0 fully saturated rings. The van der Waals surface area contributed by atoms with Gasteiger partial charge in [0.1, 0.15) is 28.7 Å². The van der Waals surface area contributed by atoms with Crippen molar-refractivity contribution in [3.63, 3.8) is 0 Å². The van der Waals surface area contributed by atoms with Crippen LogP contribution in [-0.2, 0) is 12.0 Å². The monoisotopic (exact) mass is 530 g/mol. The molecule has 1 aliphatic rings. The molecule has 7 nitrogen and oxygen atoms in total. The highest BCUT2D eigenvalue weighted by atomic mass is 35.5. The van der Waals surface area contributed by atoms with E-state index >= 15 is 4.39 Å². The third-order valence-electron chi connectivity index (χ3n) is 6.41. The van der Waals surface area contributed by atoms with Crippen molar-refractivity contribution in [2.24, 2.45) is 0 Å². The summed E-state index contributed by atoms with van der Waals surface area (Å²) in [6.07, 6.45) is 1.87. The molecule has 0 saturated carbocycles. The zero-order valence-corrected chi connectivity index (χ0v) is 22.6. The number of hydrogen-bond acceptors (Lipinski definition) is 7. The van der Waals surface area contributed by atoms with Crippen LogP contribution < -0.4 is 14.4 Å². The molecule has 1 atom stereocenters. The maximum atomic E-state index is 15.5. The van der Waals surface area contributed by atoms with Crippen molar-refractivity contribution in [3.05, 3.63) is 69.6 Å². The molecule has 0 spiro atoms. The number of halogens is 2. The normalized spacial score (nSPS) is 17.1. The van der Waals surface area contributed by atoms with Crippen molar-refractivity contribution in [1.29, 1.82) is 0 Å². The van der Waals surface area contributed by atoms with Crippen LogP contribution in [0.4, 0.5) is 10.2 Å². The fourth-order valence-corrected chi connectivity index (χ4v) is 5.12. The highest BCUT2D eigenvalue weighted by molar-refractivity contribution is 7.98. The number of carbonyl (C=O) groups is 1. The van der Waals surface area contributed by atoms with Crippen LogP contribution in [0.1, 0.15) is 34.1 Å². The molecule has 0 N–H and O–H groups in total. The SMILES string of the molecule is COc1ccc(CN2C[C@](C)(c3cccc(Cl)c3F)c3nc(SC)nc(N(C)C)c3C2=O)c(OC)c1. The third-order valence-corrected chi connectivity index (χ3v) is 7.25. The van der Waals surface area contributed by atoms with Crippen molar-refractivity contribution < 1.29 is 18.7 Å². The van der Waals surface area contributed by atoms with Crippen LogP contribution in [0.2, 0.25) is 5.02 Å². The predicted molar refractivity (Wildman–Crippen MR) is 140 cm³/mol. The fraction of sp³-hybridized carbons (Fsp3) is 0.346. The molecule has 1 aromatic heterocycles. The minimum atomic E-state index is -0.990. The molecule has 1 amide bonds. The lowest BCUT2D eigenvalue weighted by Gasteiger charge is -2.42. The molecule has 0 bridgehead atoms. The van der Waals surface area contributed by atoms with Gasteiger partial charge in [0.15, 0.2) is 5.16 Å². The van der Waals surface area contributed by atoms with Gasteiger partial charge in [-0.3, -0.25) is 4.79 Å². The van der Waals surface area contributed by atoms with Gasteiger partial charge in [0.2, 0.25) is 0 Å². The average Bonchev–Trinajstić information content (AvgIpc) is 2.87. The van der Waals surface area contributed by atoms with Crippen LogP contribution in [-0.4, -0.2) is 61.9 Å². The summed E-state index contributed by atoms with van der Waals surface area (Å²) in [5.41, 5.74) is 0.992. The molecular weight excluding hydrogens is 503 g/mol. The first-order valence-corrected chi connectivity index (χ1v) is 12.8. The molecule has 4 rings (SSSR count). The van der Waals surface area contributed by atoms with E-state index in [4.69, 9.17) is 26.1 Å². The van der Waals surface area contributed by atoms with Crippen LogP contribution >= 0.6 is 23.4 Å². The second-order valence-corrected chi connectivity index (χ2v) is 10.1. The van der Waals surface area contributed by atoms with E-state index in [9.17, 15) is 4.79 Å². The number of nitrogens with zero attached hydrogens (tertiary/aromatic N) is 4. The van der Waals surface area contributed by atoms with Crippen molar-refractivity contribution in [2.75, 3.05) is 46.0 Å². The van der Waals surface area contributed by atoms with E-state index in [1.54, 1.807) is 42.2 Å². The van der Waals surface area contributed by atoms with E-state index in [-0.39, 0.29) is 24.0 Å². The fourth-order valence-electron chi connectivity index (χ4n) is 4.59. The summed E-state index contributed by atoms with van der Waals surface area (Å²) >= 11 is 7.56. The van der Waals surface area contributed by atoms with Crippen molar-refractivity contribution in [2.45, 2.75) is 24.0 Å². The predicted octanol–water partition coefficient (Wildman–Crippen LogP) is 5.04. The number of benzene rings is 2. The first-order chi connectivity index (χ1) is 17.1. The Labute approximate surface area is 219 Å². The number of methoxy groups -OCH3 is 2. The first-order valence-electron chi connectivity index (χ1n) is 11.2. The lowest BCUT2D eigenvalue weighted by atomic mass is 9.74. The van der Waals surface area contributed by atoms with Crippen LogP contribution in [0.3, 0.4) is 0 Å². The lowest BCUT2D eigenvalue weighted by Crippen LogP contribution is -2.50. The van der Waals surface area contributed by atoms with E-state index in [0.717, 1.165) is 5.56 Å². The van der Waals surface area contributed by atoms with Crippen LogP contribution in [0, 0.1) is 5.82 Å². The Balaban J connectivity index is 1.94. The second-order valence-electron chi connectivity index (χ2n) is 8.92. The highest BCUT2D eigenvalue weighted by Gasteiger charge is 2.46.